The van der Waals surface area contributed by atoms with E-state index >= 15 is 4.79 Å². The van der Waals surface area contributed by atoms with Crippen molar-refractivity contribution in [1.82, 2.24) is 0 Å². The van der Waals surface area contributed by atoms with Crippen molar-refractivity contribution in [2.24, 2.45) is 50.2 Å². The number of hydrogen-bond acceptors (Lipinski definition) is 34. The Morgan fingerprint density at radius 1 is 0.447 bits per heavy atom. The fourth-order valence-electron chi connectivity index (χ4n) is 19.9. The summed E-state index contributed by atoms with van der Waals surface area (Å²) in [6, 6.07) is 0. The Kier molecular flexibility index (Phi) is 23.6. The van der Waals surface area contributed by atoms with E-state index in [1.165, 1.54) is 13.8 Å². The summed E-state index contributed by atoms with van der Waals surface area (Å²) >= 11 is 0. The maximum Gasteiger partial charge on any atom is 0.317 e. The van der Waals surface area contributed by atoms with E-state index in [0.29, 0.717) is 44.9 Å². The third kappa shape index (κ3) is 14.2. The summed E-state index contributed by atoms with van der Waals surface area (Å²) in [5, 5.41) is 210. The van der Waals surface area contributed by atoms with Gasteiger partial charge in [0, 0.05) is 0 Å². The lowest BCUT2D eigenvalue weighted by molar-refractivity contribution is -0.381. The van der Waals surface area contributed by atoms with Crippen LogP contribution in [0.1, 0.15) is 120 Å². The van der Waals surface area contributed by atoms with E-state index in [1.807, 2.05) is 0 Å². The topological polar surface area (TPSA) is 531 Å². The van der Waals surface area contributed by atoms with Gasteiger partial charge in [0.15, 0.2) is 43.8 Å². The molecule has 592 valence electrons. The van der Waals surface area contributed by atoms with Crippen LogP contribution in [-0.2, 0) is 71.1 Å². The van der Waals surface area contributed by atoms with E-state index in [1.54, 1.807) is 0 Å². The molecular weight excluding hydrogens is 1370 g/mol. The van der Waals surface area contributed by atoms with Crippen molar-refractivity contribution in [3.63, 3.8) is 0 Å². The molecule has 19 N–H and O–H groups in total. The number of fused-ring (bicyclic) bond motifs is 7. The smallest absolute Gasteiger partial charge is 0.317 e. The molecule has 0 spiro atoms. The molecule has 34 nitrogen and oxygen atoms in total. The molecule has 0 aromatic carbocycles. The summed E-state index contributed by atoms with van der Waals surface area (Å²) in [6.07, 6.45) is -48.7. The van der Waals surface area contributed by atoms with Gasteiger partial charge in [-0.1, -0.05) is 60.1 Å². The number of carbonyl (C=O) groups excluding carboxylic acids is 1. The van der Waals surface area contributed by atoms with Crippen LogP contribution in [0.5, 0.6) is 0 Å². The van der Waals surface area contributed by atoms with Crippen LogP contribution in [0.25, 0.3) is 0 Å². The number of hydrogen-bond donors (Lipinski definition) is 19. The third-order valence-electron chi connectivity index (χ3n) is 26.5. The molecule has 5 aliphatic carbocycles. The zero-order chi connectivity index (χ0) is 75.0. The van der Waals surface area contributed by atoms with E-state index in [-0.39, 0.29) is 42.1 Å². The van der Waals surface area contributed by atoms with Gasteiger partial charge in [-0.2, -0.15) is 0 Å². The molecule has 7 heterocycles. The van der Waals surface area contributed by atoms with Crippen LogP contribution in [0.3, 0.4) is 0 Å². The van der Waals surface area contributed by atoms with Crippen molar-refractivity contribution in [3.05, 3.63) is 11.6 Å². The van der Waals surface area contributed by atoms with Gasteiger partial charge < -0.3 is 163 Å². The van der Waals surface area contributed by atoms with Crippen molar-refractivity contribution in [2.45, 2.75) is 329 Å². The van der Waals surface area contributed by atoms with Crippen molar-refractivity contribution in [3.8, 4) is 0 Å². The molecule has 0 aromatic heterocycles. The summed E-state index contributed by atoms with van der Waals surface area (Å²) in [5.74, 6) is -1.57. The van der Waals surface area contributed by atoms with Crippen LogP contribution in [0.4, 0.5) is 0 Å². The second-order valence-electron chi connectivity index (χ2n) is 33.5. The van der Waals surface area contributed by atoms with Crippen molar-refractivity contribution < 1.29 is 168 Å². The Morgan fingerprint density at radius 2 is 0.951 bits per heavy atom. The Hall–Kier alpha value is -2.07. The van der Waals surface area contributed by atoms with Gasteiger partial charge >= 0.3 is 5.97 Å². The highest BCUT2D eigenvalue weighted by Gasteiger charge is 2.73. The number of aliphatic hydroxyl groups is 19. The monoisotopic (exact) mass is 1480 g/mol. The van der Waals surface area contributed by atoms with Crippen molar-refractivity contribution >= 4 is 5.97 Å². The van der Waals surface area contributed by atoms with Crippen LogP contribution in [0.15, 0.2) is 11.6 Å². The van der Waals surface area contributed by atoms with Gasteiger partial charge in [0.2, 0.25) is 6.29 Å². The van der Waals surface area contributed by atoms with E-state index < -0.39 is 269 Å². The van der Waals surface area contributed by atoms with Crippen LogP contribution >= 0.6 is 0 Å². The predicted octanol–water partition coefficient (Wildman–Crippen LogP) is -5.62. The Morgan fingerprint density at radius 3 is 1.61 bits per heavy atom. The molecule has 0 radical (unpaired) electrons. The summed E-state index contributed by atoms with van der Waals surface area (Å²) in [7, 11) is 0. The molecule has 12 aliphatic rings. The fourth-order valence-corrected chi connectivity index (χ4v) is 19.9. The summed E-state index contributed by atoms with van der Waals surface area (Å²) in [4.78, 5) is 16.0. The standard InChI is InChI=1S/C69H112O34/c1-25-38(74)43(79)49(85)57(95-25)94-24-33-42(78)45(81)55(102-60-51(87)46(82)53(26(2)96-60)100-59-52(88)54(31(72)22-92-59)101-58-48(84)40(76)30(71)21-91-58)62(98-33)103-63(89)69-17-16-64(3,4)18-28(69)27-10-11-35-66(7)14-13-37(65(5,6)34(66)12-15-67(35,8)68(27,9)19-36(69)73)99-61-50(86)44(80)41(77)32(97-61)23-93-56-47(83)39(75)29(70)20-90-56/h10,25-26,28-62,70-88H,11-24H2,1-9H3/t25-,26-,28-,29-,30+,31+,32+,33+,34-,35+,36+,37-,38-,39-,40-,41+,42+,43+,44-,45-,46-,47+,48+,49+,50+,51+,52+,53-,54-,55+,56-,57+,58-,59-,60-,61-,62-,66-,67+,68+,69+/m0/s1. The van der Waals surface area contributed by atoms with Gasteiger partial charge in [0.25, 0.3) is 0 Å². The average molecular weight is 1490 g/mol. The molecule has 12 rings (SSSR count). The van der Waals surface area contributed by atoms with Gasteiger partial charge in [0.1, 0.15) is 140 Å². The lowest BCUT2D eigenvalue weighted by Gasteiger charge is -2.71. The highest BCUT2D eigenvalue weighted by molar-refractivity contribution is 5.80. The Bertz CT molecular complexity index is 2930. The second kappa shape index (κ2) is 30.2. The van der Waals surface area contributed by atoms with Gasteiger partial charge in [-0.05, 0) is 116 Å². The SMILES string of the molecule is C[C@@H]1O[C@@H](OC[C@H]2O[C@@H](OC(=O)[C@]34CCC(C)(C)C[C@H]3C3=CC[C@@H]5[C@@]6(C)CC[C@H](O[C@@H]7O[C@H](CO[C@@H]8OC[C@H](O)[C@H](O)[C@H]8O)[C@@H](O)[C@H](O)[C@H]7O)C(C)(C)[C@@H]6CC[C@@]5(C)[C@]3(C)C[C@H]4O)[C@H](O[C@@H]3O[C@@H](C)[C@H](O[C@@H]4OC[C@@H](O)[C@H](O[C@@H]5OC[C@@H](O)[C@H](O)[C@H]5O)[C@H]4O)[C@@H](O)[C@H]3O)[C@@H](O)[C@@H]2O)[C@H](O)[C@H](O)[C@H]1O. The molecule has 41 atom stereocenters. The third-order valence-corrected chi connectivity index (χ3v) is 26.5. The molecule has 11 fully saturated rings. The molecule has 0 amide bonds. The predicted molar refractivity (Wildman–Crippen MR) is 341 cm³/mol. The van der Waals surface area contributed by atoms with E-state index in [2.05, 4.69) is 54.5 Å². The quantitative estimate of drug-likeness (QED) is 0.0389. The first kappa shape index (κ1) is 80.4. The Labute approximate surface area is 596 Å². The second-order valence-corrected chi connectivity index (χ2v) is 33.5. The summed E-state index contributed by atoms with van der Waals surface area (Å²) in [6.45, 7) is 15.5. The molecule has 7 saturated heterocycles. The van der Waals surface area contributed by atoms with Gasteiger partial charge in [-0.15, -0.1) is 0 Å². The van der Waals surface area contributed by atoms with Crippen LogP contribution < -0.4 is 0 Å². The van der Waals surface area contributed by atoms with Gasteiger partial charge in [-0.3, -0.25) is 4.79 Å². The van der Waals surface area contributed by atoms with Crippen molar-refractivity contribution in [2.75, 3.05) is 33.0 Å². The number of ether oxygens (including phenoxy) is 14. The first-order chi connectivity index (χ1) is 48.2. The summed E-state index contributed by atoms with van der Waals surface area (Å²) < 4.78 is 83.1. The van der Waals surface area contributed by atoms with Crippen LogP contribution in [0.2, 0.25) is 0 Å². The molecule has 7 aliphatic heterocycles. The molecule has 0 unspecified atom stereocenters. The normalized spacial score (nSPS) is 55.1. The van der Waals surface area contributed by atoms with Gasteiger partial charge in [0.05, 0.1) is 57.5 Å². The number of esters is 1. The zero-order valence-electron chi connectivity index (χ0n) is 59.5. The maximum atomic E-state index is 16.0. The van der Waals surface area contributed by atoms with E-state index in [0.717, 1.165) is 5.57 Å². The minimum atomic E-state index is -2.11. The highest BCUT2D eigenvalue weighted by Crippen LogP contribution is 2.76. The maximum absolute atomic E-state index is 16.0. The minimum absolute atomic E-state index is 0.0110. The van der Waals surface area contributed by atoms with Gasteiger partial charge in [-0.25, -0.2) is 0 Å². The van der Waals surface area contributed by atoms with E-state index in [4.69, 9.17) is 66.3 Å². The molecule has 0 bridgehead atoms. The molecule has 103 heavy (non-hydrogen) atoms. The number of carbonyl (C=O) groups is 1. The molecular formula is C69H112O34. The van der Waals surface area contributed by atoms with Crippen LogP contribution in [0, 0.1) is 50.2 Å². The minimum Gasteiger partial charge on any atom is -0.432 e. The molecule has 4 saturated carbocycles. The number of allylic oxidation sites excluding steroid dienone is 2. The first-order valence-corrected chi connectivity index (χ1v) is 36.4. The highest BCUT2D eigenvalue weighted by atomic mass is 16.8. The summed E-state index contributed by atoms with van der Waals surface area (Å²) in [5.41, 5.74) is -3.25. The van der Waals surface area contributed by atoms with Crippen molar-refractivity contribution in [1.29, 1.82) is 0 Å². The zero-order valence-corrected chi connectivity index (χ0v) is 59.5. The van der Waals surface area contributed by atoms with E-state index in [9.17, 15) is 97.0 Å². The average Bonchev–Trinajstić information content (AvgIpc) is 0.671. The Balaban J connectivity index is 0.775. The first-order valence-electron chi connectivity index (χ1n) is 36.4. The van der Waals surface area contributed by atoms with Crippen LogP contribution in [-0.4, -0.2) is 345 Å². The molecule has 0 aromatic rings. The lowest BCUT2D eigenvalue weighted by Crippen LogP contribution is -2.69. The fraction of sp³-hybridized carbons (Fsp3) is 0.957. The largest absolute Gasteiger partial charge is 0.432 e. The number of rotatable bonds is 16. The number of aliphatic hydroxyl groups excluding tert-OH is 19. The molecule has 34 heteroatoms. The lowest BCUT2D eigenvalue weighted by atomic mass is 9.33.